The SMILES string of the molecule is CCCCCCCCCCCCCCCCCC/C(=C\C(C)CC(C)C(=O)OCCCCN(C)C)CCCCCCC/C=C(/CCCCCCCCCC)CCCCCCCCCCC. The van der Waals surface area contributed by atoms with Crippen molar-refractivity contribution >= 4 is 5.97 Å². The Morgan fingerprint density at radius 3 is 1.09 bits per heavy atom. The Balaban J connectivity index is 4.80. The van der Waals surface area contributed by atoms with Crippen molar-refractivity contribution in [1.29, 1.82) is 0 Å². The van der Waals surface area contributed by atoms with Crippen LogP contribution in [0.1, 0.15) is 330 Å². The fraction of sp³-hybridized carbons (Fsp3) is 0.919. The number of esters is 1. The summed E-state index contributed by atoms with van der Waals surface area (Å²) in [4.78, 5) is 15.0. The van der Waals surface area contributed by atoms with E-state index in [-0.39, 0.29) is 11.9 Å². The van der Waals surface area contributed by atoms with E-state index in [2.05, 4.69) is 65.8 Å². The second-order valence-electron chi connectivity index (χ2n) is 21.6. The topological polar surface area (TPSA) is 29.5 Å². The van der Waals surface area contributed by atoms with E-state index in [0.717, 1.165) is 25.8 Å². The molecule has 386 valence electrons. The second-order valence-corrected chi connectivity index (χ2v) is 21.6. The second kappa shape index (κ2) is 52.3. The fourth-order valence-corrected chi connectivity index (χ4v) is 9.97. The fourth-order valence-electron chi connectivity index (χ4n) is 9.97. The molecular formula is C62H121NO2. The summed E-state index contributed by atoms with van der Waals surface area (Å²) in [5, 5.41) is 0. The number of hydrogen-bond acceptors (Lipinski definition) is 3. The zero-order valence-electron chi connectivity index (χ0n) is 46.0. The summed E-state index contributed by atoms with van der Waals surface area (Å²) < 4.78 is 5.69. The third-order valence-corrected chi connectivity index (χ3v) is 14.3. The molecule has 0 rings (SSSR count). The van der Waals surface area contributed by atoms with E-state index in [1.165, 1.54) is 276 Å². The molecule has 0 aliphatic heterocycles. The van der Waals surface area contributed by atoms with E-state index in [4.69, 9.17) is 4.74 Å². The van der Waals surface area contributed by atoms with Crippen molar-refractivity contribution in [3.63, 3.8) is 0 Å². The first-order chi connectivity index (χ1) is 31.8. The van der Waals surface area contributed by atoms with E-state index < -0.39 is 0 Å². The standard InChI is InChI=1S/C62H121NO2/c1-8-11-14-17-20-23-24-25-26-27-28-29-31-34-40-45-52-61(57-58(4)56-59(5)62(64)65-55-48-47-54-63(6)7)53-46-41-36-35-39-44-51-60(49-42-37-32-22-19-16-13-10-3)50-43-38-33-30-21-18-15-12-9-2/h51,57-59H,8-50,52-56H2,1-7H3/b60-51-,61-57+. The Morgan fingerprint density at radius 2 is 0.738 bits per heavy atom. The average molecular weight is 913 g/mol. The van der Waals surface area contributed by atoms with E-state index in [9.17, 15) is 4.79 Å². The van der Waals surface area contributed by atoms with Gasteiger partial charge in [0.1, 0.15) is 0 Å². The van der Waals surface area contributed by atoms with Crippen LogP contribution >= 0.6 is 0 Å². The van der Waals surface area contributed by atoms with Crippen LogP contribution in [-0.4, -0.2) is 38.1 Å². The van der Waals surface area contributed by atoms with Crippen molar-refractivity contribution in [2.24, 2.45) is 11.8 Å². The van der Waals surface area contributed by atoms with Gasteiger partial charge in [0, 0.05) is 0 Å². The minimum absolute atomic E-state index is 0.00640. The van der Waals surface area contributed by atoms with Crippen LogP contribution in [0, 0.1) is 11.8 Å². The molecular weight excluding hydrogens is 791 g/mol. The van der Waals surface area contributed by atoms with Gasteiger partial charge >= 0.3 is 5.97 Å². The summed E-state index contributed by atoms with van der Waals surface area (Å²) in [6, 6.07) is 0. The Labute approximate surface area is 411 Å². The van der Waals surface area contributed by atoms with Gasteiger partial charge in [0.2, 0.25) is 0 Å². The third-order valence-electron chi connectivity index (χ3n) is 14.3. The van der Waals surface area contributed by atoms with Crippen molar-refractivity contribution in [2.45, 2.75) is 330 Å². The normalized spacial score (nSPS) is 13.3. The van der Waals surface area contributed by atoms with Crippen LogP contribution < -0.4 is 0 Å². The van der Waals surface area contributed by atoms with Crippen LogP contribution in [0.4, 0.5) is 0 Å². The van der Waals surface area contributed by atoms with Gasteiger partial charge in [-0.1, -0.05) is 270 Å². The number of carbonyl (C=O) groups is 1. The number of rotatable bonds is 53. The summed E-state index contributed by atoms with van der Waals surface area (Å²) in [6.07, 6.45) is 68.5. The highest BCUT2D eigenvalue weighted by atomic mass is 16.5. The maximum Gasteiger partial charge on any atom is 0.308 e. The number of allylic oxidation sites excluding steroid dienone is 4. The smallest absolute Gasteiger partial charge is 0.308 e. The molecule has 2 unspecified atom stereocenters. The molecule has 0 spiro atoms. The first-order valence-electron chi connectivity index (χ1n) is 30.0. The van der Waals surface area contributed by atoms with Crippen LogP contribution in [0.2, 0.25) is 0 Å². The summed E-state index contributed by atoms with van der Waals surface area (Å²) in [7, 11) is 4.20. The molecule has 0 aliphatic carbocycles. The zero-order chi connectivity index (χ0) is 47.5. The molecule has 0 aromatic heterocycles. The number of ether oxygens (including phenoxy) is 1. The van der Waals surface area contributed by atoms with Crippen molar-refractivity contribution in [3.8, 4) is 0 Å². The number of nitrogens with zero attached hydrogens (tertiary/aromatic N) is 1. The molecule has 0 saturated heterocycles. The lowest BCUT2D eigenvalue weighted by Crippen LogP contribution is -2.18. The molecule has 0 saturated carbocycles. The predicted octanol–water partition coefficient (Wildman–Crippen LogP) is 21.2. The molecule has 0 radical (unpaired) electrons. The summed E-state index contributed by atoms with van der Waals surface area (Å²) >= 11 is 0. The highest BCUT2D eigenvalue weighted by Gasteiger charge is 2.17. The van der Waals surface area contributed by atoms with Gasteiger partial charge in [-0.2, -0.15) is 0 Å². The van der Waals surface area contributed by atoms with Gasteiger partial charge < -0.3 is 9.64 Å². The molecule has 0 aliphatic rings. The van der Waals surface area contributed by atoms with Crippen molar-refractivity contribution in [2.75, 3.05) is 27.2 Å². The number of carbonyl (C=O) groups excluding carboxylic acids is 1. The molecule has 0 aromatic carbocycles. The molecule has 0 amide bonds. The van der Waals surface area contributed by atoms with Gasteiger partial charge in [-0.05, 0) is 110 Å². The zero-order valence-corrected chi connectivity index (χ0v) is 46.0. The summed E-state index contributed by atoms with van der Waals surface area (Å²) in [6.45, 7) is 13.0. The van der Waals surface area contributed by atoms with E-state index >= 15 is 0 Å². The molecule has 3 heteroatoms. The van der Waals surface area contributed by atoms with Crippen molar-refractivity contribution in [1.82, 2.24) is 4.90 Å². The largest absolute Gasteiger partial charge is 0.465 e. The van der Waals surface area contributed by atoms with Crippen molar-refractivity contribution in [3.05, 3.63) is 23.3 Å². The minimum Gasteiger partial charge on any atom is -0.465 e. The summed E-state index contributed by atoms with van der Waals surface area (Å²) in [5.74, 6) is 0.379. The van der Waals surface area contributed by atoms with Gasteiger partial charge in [-0.25, -0.2) is 0 Å². The number of unbranched alkanes of at least 4 members (excludes halogenated alkanes) is 36. The monoisotopic (exact) mass is 912 g/mol. The molecule has 0 heterocycles. The quantitative estimate of drug-likeness (QED) is 0.0346. The molecule has 0 aromatic rings. The van der Waals surface area contributed by atoms with Gasteiger partial charge in [0.05, 0.1) is 12.5 Å². The van der Waals surface area contributed by atoms with Crippen LogP contribution in [-0.2, 0) is 9.53 Å². The lowest BCUT2D eigenvalue weighted by atomic mass is 9.91. The Kier molecular flexibility index (Phi) is 51.4. The van der Waals surface area contributed by atoms with Gasteiger partial charge in [-0.15, -0.1) is 0 Å². The maximum absolute atomic E-state index is 12.8. The lowest BCUT2D eigenvalue weighted by molar-refractivity contribution is -0.148. The third kappa shape index (κ3) is 49.2. The molecule has 2 atom stereocenters. The van der Waals surface area contributed by atoms with Crippen LogP contribution in [0.25, 0.3) is 0 Å². The molecule has 0 fully saturated rings. The molecule has 0 bridgehead atoms. The highest BCUT2D eigenvalue weighted by Crippen LogP contribution is 2.25. The molecule has 3 nitrogen and oxygen atoms in total. The molecule has 0 N–H and O–H groups in total. The summed E-state index contributed by atoms with van der Waals surface area (Å²) in [5.41, 5.74) is 3.46. The lowest BCUT2D eigenvalue weighted by Gasteiger charge is -2.17. The Morgan fingerprint density at radius 1 is 0.415 bits per heavy atom. The van der Waals surface area contributed by atoms with Crippen LogP contribution in [0.5, 0.6) is 0 Å². The van der Waals surface area contributed by atoms with Crippen LogP contribution in [0.15, 0.2) is 23.3 Å². The van der Waals surface area contributed by atoms with Crippen LogP contribution in [0.3, 0.4) is 0 Å². The van der Waals surface area contributed by atoms with E-state index in [1.807, 2.05) is 0 Å². The average Bonchev–Trinajstić information content (AvgIpc) is 3.29. The first-order valence-corrected chi connectivity index (χ1v) is 30.0. The van der Waals surface area contributed by atoms with Gasteiger partial charge in [0.25, 0.3) is 0 Å². The van der Waals surface area contributed by atoms with E-state index in [1.54, 1.807) is 11.1 Å². The number of hydrogen-bond donors (Lipinski definition) is 0. The Bertz CT molecular complexity index is 1010. The van der Waals surface area contributed by atoms with Gasteiger partial charge in [0.15, 0.2) is 0 Å². The minimum atomic E-state index is -0.0353. The first kappa shape index (κ1) is 63.9. The predicted molar refractivity (Wildman–Crippen MR) is 293 cm³/mol. The highest BCUT2D eigenvalue weighted by molar-refractivity contribution is 5.71. The van der Waals surface area contributed by atoms with Crippen molar-refractivity contribution < 1.29 is 9.53 Å². The van der Waals surface area contributed by atoms with Gasteiger partial charge in [-0.3, -0.25) is 4.79 Å². The molecule has 65 heavy (non-hydrogen) atoms. The van der Waals surface area contributed by atoms with E-state index in [0.29, 0.717) is 12.5 Å². The Hall–Kier alpha value is -1.09. The maximum atomic E-state index is 12.8.